The van der Waals surface area contributed by atoms with Crippen LogP contribution in [0.25, 0.3) is 0 Å². The lowest BCUT2D eigenvalue weighted by molar-refractivity contribution is -0.383. The average molecular weight is 505 g/mol. The van der Waals surface area contributed by atoms with Crippen molar-refractivity contribution in [2.45, 2.75) is 13.3 Å². The number of esters is 1. The van der Waals surface area contributed by atoms with Crippen molar-refractivity contribution in [1.82, 2.24) is 0 Å². The van der Waals surface area contributed by atoms with Gasteiger partial charge < -0.3 is 14.8 Å². The Bertz CT molecular complexity index is 1380. The predicted molar refractivity (Wildman–Crippen MR) is 130 cm³/mol. The number of rotatable bonds is 7. The van der Waals surface area contributed by atoms with Crippen molar-refractivity contribution in [1.29, 1.82) is 0 Å². The van der Waals surface area contributed by atoms with Gasteiger partial charge in [0.05, 0.1) is 35.1 Å². The summed E-state index contributed by atoms with van der Waals surface area (Å²) in [5.74, 6) is -2.50. The van der Waals surface area contributed by atoms with E-state index in [9.17, 15) is 29.3 Å². The lowest BCUT2D eigenvalue weighted by atomic mass is 9.82. The number of allylic oxidation sites excluding steroid dienone is 2. The summed E-state index contributed by atoms with van der Waals surface area (Å²) in [6.45, 7) is 1.28. The van der Waals surface area contributed by atoms with Crippen LogP contribution >= 0.6 is 0 Å². The molecule has 1 aliphatic heterocycles. The van der Waals surface area contributed by atoms with Gasteiger partial charge in [-0.3, -0.25) is 24.5 Å². The summed E-state index contributed by atoms with van der Waals surface area (Å²) in [7, 11) is 1.38. The Hall–Kier alpha value is -4.54. The highest BCUT2D eigenvalue weighted by molar-refractivity contribution is 6.23. The highest BCUT2D eigenvalue weighted by Gasteiger charge is 2.60. The fraction of sp³-hybridized carbons (Fsp3) is 0.308. The summed E-state index contributed by atoms with van der Waals surface area (Å²) in [5.41, 5.74) is 1.00. The summed E-state index contributed by atoms with van der Waals surface area (Å²) >= 11 is 0. The van der Waals surface area contributed by atoms with Gasteiger partial charge in [0.2, 0.25) is 11.8 Å². The van der Waals surface area contributed by atoms with Crippen LogP contribution in [0.5, 0.6) is 5.75 Å². The molecule has 2 aromatic rings. The minimum atomic E-state index is -0.853. The van der Waals surface area contributed by atoms with Gasteiger partial charge in [-0.05, 0) is 49.4 Å². The Morgan fingerprint density at radius 1 is 1.14 bits per heavy atom. The maximum atomic E-state index is 13.2. The van der Waals surface area contributed by atoms with Gasteiger partial charge in [-0.25, -0.2) is 9.69 Å². The van der Waals surface area contributed by atoms with Gasteiger partial charge in [-0.1, -0.05) is 17.7 Å². The molecule has 0 unspecified atom stereocenters. The summed E-state index contributed by atoms with van der Waals surface area (Å²) in [6, 6.07) is 9.77. The number of benzene rings is 2. The topological polar surface area (TPSA) is 145 Å². The molecule has 5 rings (SSSR count). The Morgan fingerprint density at radius 3 is 2.62 bits per heavy atom. The Balaban J connectivity index is 1.26. The second-order valence-electron chi connectivity index (χ2n) is 9.30. The highest BCUT2D eigenvalue weighted by Crippen LogP contribution is 2.55. The Morgan fingerprint density at radius 2 is 1.89 bits per heavy atom. The lowest BCUT2D eigenvalue weighted by Gasteiger charge is -2.19. The number of carbonyl (C=O) groups is 4. The van der Waals surface area contributed by atoms with E-state index >= 15 is 0 Å². The molecule has 0 radical (unpaired) electrons. The number of anilines is 2. The molecular formula is C26H23N3O8. The van der Waals surface area contributed by atoms with Crippen LogP contribution in [0.15, 0.2) is 54.1 Å². The first-order valence-corrected chi connectivity index (χ1v) is 11.6. The van der Waals surface area contributed by atoms with Gasteiger partial charge in [0, 0.05) is 12.1 Å². The molecule has 2 bridgehead atoms. The predicted octanol–water partition coefficient (Wildman–Crippen LogP) is 3.10. The van der Waals surface area contributed by atoms with Crippen LogP contribution in [0, 0.1) is 33.8 Å². The standard InChI is InChI=1S/C26H23N3O8/c1-13-8-15-10-18(13)23-22(15)24(31)28(25(23)32)16-5-3-4-14(9-16)26(33)37-12-21(30)27-19-11-17(36-2)6-7-20(19)29(34)35/h3-9,11,15,18,22-23H,10,12H2,1-2H3,(H,27,30)/t15-,18+,22-,23-/m0/s1. The van der Waals surface area contributed by atoms with Gasteiger partial charge in [-0.2, -0.15) is 0 Å². The number of nitrogens with zero attached hydrogens (tertiary/aromatic N) is 2. The van der Waals surface area contributed by atoms with Crippen molar-refractivity contribution in [3.05, 3.63) is 69.8 Å². The fourth-order valence-electron chi connectivity index (χ4n) is 5.60. The third-order valence-corrected chi connectivity index (χ3v) is 7.23. The number of nitrogens with one attached hydrogen (secondary N) is 1. The first-order valence-electron chi connectivity index (χ1n) is 11.6. The van der Waals surface area contributed by atoms with Gasteiger partial charge in [-0.15, -0.1) is 0 Å². The quantitative estimate of drug-likeness (QED) is 0.199. The van der Waals surface area contributed by atoms with Crippen molar-refractivity contribution < 1.29 is 33.6 Å². The number of ether oxygens (including phenoxy) is 2. The van der Waals surface area contributed by atoms with E-state index in [-0.39, 0.29) is 58.1 Å². The van der Waals surface area contributed by atoms with Crippen LogP contribution in [0.4, 0.5) is 17.1 Å². The van der Waals surface area contributed by atoms with Crippen LogP contribution in [0.1, 0.15) is 23.7 Å². The normalized spacial score (nSPS) is 23.5. The van der Waals surface area contributed by atoms with E-state index in [1.165, 1.54) is 43.5 Å². The highest BCUT2D eigenvalue weighted by atomic mass is 16.6. The fourth-order valence-corrected chi connectivity index (χ4v) is 5.60. The molecule has 190 valence electrons. The minimum absolute atomic E-state index is 0.0487. The molecule has 1 heterocycles. The van der Waals surface area contributed by atoms with E-state index in [0.29, 0.717) is 5.75 Å². The molecule has 0 aromatic heterocycles. The van der Waals surface area contributed by atoms with Crippen LogP contribution < -0.4 is 15.0 Å². The van der Waals surface area contributed by atoms with Gasteiger partial charge >= 0.3 is 5.97 Å². The van der Waals surface area contributed by atoms with E-state index in [1.807, 2.05) is 6.92 Å². The first kappa shape index (κ1) is 24.2. The maximum Gasteiger partial charge on any atom is 0.338 e. The molecule has 1 saturated carbocycles. The maximum absolute atomic E-state index is 13.2. The minimum Gasteiger partial charge on any atom is -0.497 e. The second kappa shape index (κ2) is 9.16. The second-order valence-corrected chi connectivity index (χ2v) is 9.30. The Kier molecular flexibility index (Phi) is 5.98. The number of hydrogen-bond acceptors (Lipinski definition) is 8. The number of imide groups is 1. The smallest absolute Gasteiger partial charge is 0.338 e. The third-order valence-electron chi connectivity index (χ3n) is 7.23. The summed E-state index contributed by atoms with van der Waals surface area (Å²) < 4.78 is 10.1. The van der Waals surface area contributed by atoms with E-state index in [4.69, 9.17) is 9.47 Å². The summed E-state index contributed by atoms with van der Waals surface area (Å²) in [5, 5.41) is 13.6. The van der Waals surface area contributed by atoms with Crippen molar-refractivity contribution in [3.8, 4) is 5.75 Å². The molecule has 2 aromatic carbocycles. The third kappa shape index (κ3) is 4.11. The molecule has 37 heavy (non-hydrogen) atoms. The van der Waals surface area contributed by atoms with Crippen molar-refractivity contribution in [2.24, 2.45) is 23.7 Å². The zero-order chi connectivity index (χ0) is 26.4. The Labute approximate surface area is 211 Å². The average Bonchev–Trinajstić information content (AvgIpc) is 3.52. The number of nitro benzene ring substituents is 1. The molecule has 11 nitrogen and oxygen atoms in total. The number of fused-ring (bicyclic) bond motifs is 5. The van der Waals surface area contributed by atoms with E-state index in [0.717, 1.165) is 16.9 Å². The largest absolute Gasteiger partial charge is 0.497 e. The van der Waals surface area contributed by atoms with Crippen LogP contribution in [0.2, 0.25) is 0 Å². The lowest BCUT2D eigenvalue weighted by Crippen LogP contribution is -2.33. The van der Waals surface area contributed by atoms with Crippen LogP contribution in [0.3, 0.4) is 0 Å². The molecule has 2 fully saturated rings. The zero-order valence-electron chi connectivity index (χ0n) is 20.0. The molecule has 0 spiro atoms. The molecule has 4 atom stereocenters. The number of hydrogen-bond donors (Lipinski definition) is 1. The number of methoxy groups -OCH3 is 1. The van der Waals surface area contributed by atoms with E-state index in [2.05, 4.69) is 11.4 Å². The summed E-state index contributed by atoms with van der Waals surface area (Å²) in [6.07, 6.45) is 2.90. The molecule has 1 saturated heterocycles. The molecule has 2 aliphatic carbocycles. The van der Waals surface area contributed by atoms with Gasteiger partial charge in [0.25, 0.3) is 11.6 Å². The summed E-state index contributed by atoms with van der Waals surface area (Å²) in [4.78, 5) is 63.0. The van der Waals surface area contributed by atoms with Crippen molar-refractivity contribution in [3.63, 3.8) is 0 Å². The molecule has 11 heteroatoms. The van der Waals surface area contributed by atoms with Gasteiger partial charge in [0.1, 0.15) is 11.4 Å². The molecular weight excluding hydrogens is 482 g/mol. The monoisotopic (exact) mass is 505 g/mol. The van der Waals surface area contributed by atoms with Crippen molar-refractivity contribution in [2.75, 3.05) is 23.9 Å². The number of nitro groups is 1. The molecule has 3 amide bonds. The zero-order valence-corrected chi connectivity index (χ0v) is 20.0. The number of amides is 3. The van der Waals surface area contributed by atoms with Crippen molar-refractivity contribution >= 4 is 40.8 Å². The molecule has 3 aliphatic rings. The number of carbonyl (C=O) groups excluding carboxylic acids is 4. The van der Waals surface area contributed by atoms with Gasteiger partial charge in [0.15, 0.2) is 6.61 Å². The molecule has 1 N–H and O–H groups in total. The first-order chi connectivity index (χ1) is 17.7. The van der Waals surface area contributed by atoms with Crippen LogP contribution in [-0.4, -0.2) is 42.3 Å². The van der Waals surface area contributed by atoms with E-state index in [1.54, 1.807) is 6.07 Å². The van der Waals surface area contributed by atoms with E-state index < -0.39 is 23.4 Å². The van der Waals surface area contributed by atoms with Crippen LogP contribution in [-0.2, 0) is 19.1 Å². The SMILES string of the molecule is COc1ccc([N+](=O)[O-])c(NC(=O)COC(=O)c2cccc(N3C(=O)[C@@H]4[C@@H](C3=O)[C@H]3C=C(C)[C@H]4C3)c2)c1.